The van der Waals surface area contributed by atoms with E-state index in [1.807, 2.05) is 0 Å². The first-order valence-corrected chi connectivity index (χ1v) is 4.33. The van der Waals surface area contributed by atoms with Gasteiger partial charge in [-0.2, -0.15) is 0 Å². The van der Waals surface area contributed by atoms with Gasteiger partial charge in [-0.05, 0) is 13.0 Å². The fourth-order valence-electron chi connectivity index (χ4n) is 0.761. The van der Waals surface area contributed by atoms with Gasteiger partial charge in [-0.15, -0.1) is 0 Å². The number of hydrogen-bond donors (Lipinski definition) is 1. The van der Waals surface area contributed by atoms with Crippen molar-refractivity contribution in [1.82, 2.24) is 5.32 Å². The van der Waals surface area contributed by atoms with Crippen molar-refractivity contribution < 1.29 is 13.9 Å². The normalized spacial score (nSPS) is 13.4. The lowest BCUT2D eigenvalue weighted by Gasteiger charge is -2.05. The van der Waals surface area contributed by atoms with Crippen LogP contribution in [0.25, 0.3) is 0 Å². The largest absolute Gasteiger partial charge is 0.353 e. The second-order valence-electron chi connectivity index (χ2n) is 2.40. The molecule has 1 amide bonds. The number of halogens is 1. The lowest BCUT2D eigenvalue weighted by Crippen LogP contribution is -2.21. The van der Waals surface area contributed by atoms with Gasteiger partial charge in [0.1, 0.15) is 0 Å². The van der Waals surface area contributed by atoms with E-state index in [2.05, 4.69) is 21.6 Å². The van der Waals surface area contributed by atoms with E-state index in [-0.39, 0.29) is 13.1 Å². The zero-order valence-corrected chi connectivity index (χ0v) is 8.20. The lowest BCUT2D eigenvalue weighted by atomic mass is 10.3. The van der Waals surface area contributed by atoms with Crippen molar-refractivity contribution in [3.05, 3.63) is 12.7 Å². The third-order valence-corrected chi connectivity index (χ3v) is 1.39. The molecule has 0 heterocycles. The lowest BCUT2D eigenvalue weighted by molar-refractivity contribution is -0.109. The maximum absolute atomic E-state index is 12.8. The van der Waals surface area contributed by atoms with E-state index in [4.69, 9.17) is 0 Å². The van der Waals surface area contributed by atoms with E-state index < -0.39 is 6.36 Å². The molecule has 0 aliphatic heterocycles. The number of alkyl halides is 1. The summed E-state index contributed by atoms with van der Waals surface area (Å²) in [5, 5.41) is 2.41. The molecular formula is C9H15FN2O2. The summed E-state index contributed by atoms with van der Waals surface area (Å²) in [5.74, 6) is 0. The van der Waals surface area contributed by atoms with Gasteiger partial charge in [0.2, 0.25) is 12.8 Å². The maximum atomic E-state index is 12.8. The number of carbonyl (C=O) groups is 1. The number of nitrogens with one attached hydrogen (secondary N) is 1. The van der Waals surface area contributed by atoms with E-state index in [0.29, 0.717) is 18.7 Å². The Morgan fingerprint density at radius 1 is 1.79 bits per heavy atom. The van der Waals surface area contributed by atoms with Crippen LogP contribution in [0.3, 0.4) is 0 Å². The molecule has 5 heteroatoms. The Bertz CT molecular complexity index is 207. The van der Waals surface area contributed by atoms with Crippen LogP contribution in [0.2, 0.25) is 0 Å². The van der Waals surface area contributed by atoms with Gasteiger partial charge in [0.25, 0.3) is 0 Å². The molecule has 0 rings (SSSR count). The highest BCUT2D eigenvalue weighted by Gasteiger charge is 2.03. The van der Waals surface area contributed by atoms with Gasteiger partial charge in [-0.25, -0.2) is 4.39 Å². The standard InChI is InChI=1S/C9H15FN2O2/c1-3-8(5-11-7-13)12-6-9(10)14-4-2/h3,7,9H,1,4-6H2,2H3,(H,11,13). The van der Waals surface area contributed by atoms with Crippen LogP contribution < -0.4 is 5.32 Å². The summed E-state index contributed by atoms with van der Waals surface area (Å²) in [5.41, 5.74) is 0.527. The fourth-order valence-corrected chi connectivity index (χ4v) is 0.761. The fraction of sp³-hybridized carbons (Fsp3) is 0.556. The van der Waals surface area contributed by atoms with Crippen LogP contribution >= 0.6 is 0 Å². The quantitative estimate of drug-likeness (QED) is 0.465. The molecule has 0 aromatic carbocycles. The first-order valence-electron chi connectivity index (χ1n) is 4.33. The molecule has 80 valence electrons. The van der Waals surface area contributed by atoms with Crippen molar-refractivity contribution in [1.29, 1.82) is 0 Å². The molecule has 0 bridgehead atoms. The Morgan fingerprint density at radius 2 is 2.50 bits per heavy atom. The Morgan fingerprint density at radius 3 is 3.00 bits per heavy atom. The molecule has 0 radical (unpaired) electrons. The summed E-state index contributed by atoms with van der Waals surface area (Å²) in [6.45, 7) is 5.69. The number of aliphatic imine (C=N–C) groups is 1. The van der Waals surface area contributed by atoms with Crippen molar-refractivity contribution in [2.75, 3.05) is 19.7 Å². The highest BCUT2D eigenvalue weighted by molar-refractivity contribution is 5.96. The summed E-state index contributed by atoms with van der Waals surface area (Å²) in [6.07, 6.45) is 0.620. The number of carbonyl (C=O) groups excluding carboxylic acids is 1. The second kappa shape index (κ2) is 8.37. The Hall–Kier alpha value is -1.23. The van der Waals surface area contributed by atoms with Crippen LogP contribution in [0, 0.1) is 0 Å². The molecule has 1 atom stereocenters. The minimum atomic E-state index is -1.40. The van der Waals surface area contributed by atoms with Gasteiger partial charge in [0.05, 0.1) is 18.8 Å². The molecule has 0 aromatic heterocycles. The highest BCUT2D eigenvalue weighted by atomic mass is 19.1. The molecular weight excluding hydrogens is 187 g/mol. The molecule has 0 saturated heterocycles. The van der Waals surface area contributed by atoms with Crippen LogP contribution in [0.5, 0.6) is 0 Å². The first kappa shape index (κ1) is 12.8. The SMILES string of the molecule is C=CC(CNC=O)=NCC(F)OCC. The smallest absolute Gasteiger partial charge is 0.218 e. The van der Waals surface area contributed by atoms with E-state index in [0.717, 1.165) is 0 Å². The summed E-state index contributed by atoms with van der Waals surface area (Å²) in [7, 11) is 0. The zero-order chi connectivity index (χ0) is 10.8. The monoisotopic (exact) mass is 202 g/mol. The molecule has 14 heavy (non-hydrogen) atoms. The third kappa shape index (κ3) is 6.30. The Labute approximate surface area is 82.9 Å². The minimum Gasteiger partial charge on any atom is -0.353 e. The predicted octanol–water partition coefficient (Wildman–Crippen LogP) is 0.691. The molecule has 0 aliphatic carbocycles. The zero-order valence-electron chi connectivity index (χ0n) is 8.20. The molecule has 0 aliphatic rings. The molecule has 0 fully saturated rings. The number of nitrogens with zero attached hydrogens (tertiary/aromatic N) is 1. The second-order valence-corrected chi connectivity index (χ2v) is 2.40. The van der Waals surface area contributed by atoms with Crippen molar-refractivity contribution in [2.45, 2.75) is 13.3 Å². The third-order valence-electron chi connectivity index (χ3n) is 1.39. The van der Waals surface area contributed by atoms with Crippen molar-refractivity contribution >= 4 is 12.1 Å². The van der Waals surface area contributed by atoms with Gasteiger partial charge in [0, 0.05) is 6.61 Å². The molecule has 1 unspecified atom stereocenters. The topological polar surface area (TPSA) is 50.7 Å². The van der Waals surface area contributed by atoms with Gasteiger partial charge in [-0.1, -0.05) is 6.58 Å². The Kier molecular flexibility index (Phi) is 7.64. The summed E-state index contributed by atoms with van der Waals surface area (Å²) >= 11 is 0. The highest BCUT2D eigenvalue weighted by Crippen LogP contribution is 1.94. The van der Waals surface area contributed by atoms with E-state index in [9.17, 15) is 9.18 Å². The van der Waals surface area contributed by atoms with Crippen molar-refractivity contribution in [3.63, 3.8) is 0 Å². The van der Waals surface area contributed by atoms with E-state index >= 15 is 0 Å². The average Bonchev–Trinajstić information content (AvgIpc) is 2.19. The van der Waals surface area contributed by atoms with Crippen LogP contribution in [0.4, 0.5) is 4.39 Å². The van der Waals surface area contributed by atoms with Crippen LogP contribution in [0.15, 0.2) is 17.6 Å². The number of hydrogen-bond acceptors (Lipinski definition) is 3. The van der Waals surface area contributed by atoms with Crippen LogP contribution in [-0.2, 0) is 9.53 Å². The van der Waals surface area contributed by atoms with E-state index in [1.54, 1.807) is 6.92 Å². The van der Waals surface area contributed by atoms with Gasteiger partial charge in [-0.3, -0.25) is 9.79 Å². The maximum Gasteiger partial charge on any atom is 0.218 e. The summed E-state index contributed by atoms with van der Waals surface area (Å²) < 4.78 is 17.4. The number of ether oxygens (including phenoxy) is 1. The Balaban J connectivity index is 3.90. The molecule has 1 N–H and O–H groups in total. The predicted molar refractivity (Wildman–Crippen MR) is 53.1 cm³/mol. The summed E-state index contributed by atoms with van der Waals surface area (Å²) in [4.78, 5) is 13.8. The molecule has 0 saturated carbocycles. The number of amides is 1. The van der Waals surface area contributed by atoms with Gasteiger partial charge in [0.15, 0.2) is 0 Å². The van der Waals surface area contributed by atoms with Gasteiger partial charge >= 0.3 is 0 Å². The van der Waals surface area contributed by atoms with Crippen molar-refractivity contribution in [3.8, 4) is 0 Å². The van der Waals surface area contributed by atoms with E-state index in [1.165, 1.54) is 6.08 Å². The van der Waals surface area contributed by atoms with Crippen LogP contribution in [-0.4, -0.2) is 38.2 Å². The van der Waals surface area contributed by atoms with Crippen LogP contribution in [0.1, 0.15) is 6.92 Å². The molecule has 0 spiro atoms. The molecule has 0 aromatic rings. The summed E-state index contributed by atoms with van der Waals surface area (Å²) in [6, 6.07) is 0. The molecule has 4 nitrogen and oxygen atoms in total. The average molecular weight is 202 g/mol. The van der Waals surface area contributed by atoms with Gasteiger partial charge < -0.3 is 10.1 Å². The minimum absolute atomic E-state index is 0.0737. The number of rotatable bonds is 8. The first-order chi connectivity index (χ1) is 6.74. The van der Waals surface area contributed by atoms with Crippen molar-refractivity contribution in [2.24, 2.45) is 4.99 Å².